The molecule has 3 rings (SSSR count). The summed E-state index contributed by atoms with van der Waals surface area (Å²) in [5, 5.41) is 5.73. The fourth-order valence-electron chi connectivity index (χ4n) is 3.97. The van der Waals surface area contributed by atoms with Gasteiger partial charge in [0.05, 0.1) is 4.90 Å². The molecule has 0 spiro atoms. The molecule has 1 atom stereocenters. The predicted octanol–water partition coefficient (Wildman–Crippen LogP) is 3.14. The molecule has 0 aromatic heterocycles. The Morgan fingerprint density at radius 1 is 0.939 bits per heavy atom. The van der Waals surface area contributed by atoms with Gasteiger partial charge in [0.15, 0.2) is 0 Å². The number of carbonyl (C=O) groups is 2. The molecule has 1 saturated heterocycles. The summed E-state index contributed by atoms with van der Waals surface area (Å²) < 4.78 is 27.7. The van der Waals surface area contributed by atoms with Crippen LogP contribution in [0.15, 0.2) is 59.5 Å². The second kappa shape index (κ2) is 12.2. The number of nitrogens with one attached hydrogen (secondary N) is 2. The number of carbonyl (C=O) groups excluding carboxylic acids is 2. The molecule has 1 heterocycles. The minimum atomic E-state index is -3.65. The predicted molar refractivity (Wildman–Crippen MR) is 128 cm³/mol. The Morgan fingerprint density at radius 2 is 1.61 bits per heavy atom. The summed E-state index contributed by atoms with van der Waals surface area (Å²) in [7, 11) is -3.65. The SMILES string of the molecule is O=C(NCCCc1ccccc1)C(=O)NCC[C@H]1CCCCN1S(=O)(=O)c1ccc(Cl)cc1. The third kappa shape index (κ3) is 7.28. The van der Waals surface area contributed by atoms with Crippen molar-refractivity contribution in [3.63, 3.8) is 0 Å². The first-order chi connectivity index (χ1) is 15.9. The number of halogens is 1. The standard InChI is InChI=1S/C24H30ClN3O4S/c25-20-11-13-22(14-12-20)33(31,32)28-18-5-4-10-21(28)15-17-27-24(30)23(29)26-16-6-9-19-7-2-1-3-8-19/h1-3,7-8,11-14,21H,4-6,9-10,15-18H2,(H,26,29)(H,27,30)/t21-/m1/s1. The normalized spacial score (nSPS) is 16.8. The Labute approximate surface area is 200 Å². The molecule has 0 unspecified atom stereocenters. The van der Waals surface area contributed by atoms with Crippen molar-refractivity contribution in [3.05, 3.63) is 65.2 Å². The molecule has 0 bridgehead atoms. The first kappa shape index (κ1) is 25.2. The second-order valence-electron chi connectivity index (χ2n) is 8.11. The number of rotatable bonds is 9. The van der Waals surface area contributed by atoms with Crippen LogP contribution in [0.2, 0.25) is 5.02 Å². The summed E-state index contributed by atoms with van der Waals surface area (Å²) in [6.07, 6.45) is 4.44. The number of aryl methyl sites for hydroxylation is 1. The van der Waals surface area contributed by atoms with E-state index in [1.807, 2.05) is 30.3 Å². The van der Waals surface area contributed by atoms with Gasteiger partial charge in [-0.2, -0.15) is 4.31 Å². The van der Waals surface area contributed by atoms with Gasteiger partial charge in [-0.15, -0.1) is 0 Å². The average Bonchev–Trinajstić information content (AvgIpc) is 2.83. The van der Waals surface area contributed by atoms with E-state index < -0.39 is 21.8 Å². The molecule has 2 N–H and O–H groups in total. The fourth-order valence-corrected chi connectivity index (χ4v) is 5.82. The highest BCUT2D eigenvalue weighted by Crippen LogP contribution is 2.27. The van der Waals surface area contributed by atoms with E-state index in [0.717, 1.165) is 25.7 Å². The monoisotopic (exact) mass is 491 g/mol. The van der Waals surface area contributed by atoms with Gasteiger partial charge < -0.3 is 10.6 Å². The molecule has 0 radical (unpaired) electrons. The zero-order chi connectivity index (χ0) is 23.7. The number of nitrogens with zero attached hydrogens (tertiary/aromatic N) is 1. The lowest BCUT2D eigenvalue weighted by molar-refractivity contribution is -0.139. The maximum Gasteiger partial charge on any atom is 0.309 e. The lowest BCUT2D eigenvalue weighted by Crippen LogP contribution is -2.46. The third-order valence-corrected chi connectivity index (χ3v) is 7.95. The topological polar surface area (TPSA) is 95.6 Å². The maximum atomic E-state index is 13.1. The van der Waals surface area contributed by atoms with Gasteiger partial charge in [0.1, 0.15) is 0 Å². The van der Waals surface area contributed by atoms with Crippen LogP contribution in [0.1, 0.15) is 37.7 Å². The summed E-state index contributed by atoms with van der Waals surface area (Å²) in [6.45, 7) is 1.08. The van der Waals surface area contributed by atoms with Crippen molar-refractivity contribution < 1.29 is 18.0 Å². The van der Waals surface area contributed by atoms with E-state index in [2.05, 4.69) is 10.6 Å². The van der Waals surface area contributed by atoms with Crippen LogP contribution in [0.5, 0.6) is 0 Å². The van der Waals surface area contributed by atoms with E-state index in [1.54, 1.807) is 12.1 Å². The van der Waals surface area contributed by atoms with E-state index in [4.69, 9.17) is 11.6 Å². The number of amides is 2. The zero-order valence-corrected chi connectivity index (χ0v) is 20.1. The molecule has 7 nitrogen and oxygen atoms in total. The van der Waals surface area contributed by atoms with Crippen LogP contribution >= 0.6 is 11.6 Å². The highest BCUT2D eigenvalue weighted by atomic mass is 35.5. The third-order valence-electron chi connectivity index (χ3n) is 5.73. The molecule has 1 aliphatic rings. The number of sulfonamides is 1. The average molecular weight is 492 g/mol. The van der Waals surface area contributed by atoms with Gasteiger partial charge in [0, 0.05) is 30.7 Å². The molecular formula is C24H30ClN3O4S. The smallest absolute Gasteiger partial charge is 0.309 e. The van der Waals surface area contributed by atoms with Gasteiger partial charge in [-0.1, -0.05) is 48.4 Å². The Bertz CT molecular complexity index is 1030. The van der Waals surface area contributed by atoms with Crippen LogP contribution in [-0.2, 0) is 26.0 Å². The van der Waals surface area contributed by atoms with Gasteiger partial charge in [-0.3, -0.25) is 9.59 Å². The van der Waals surface area contributed by atoms with E-state index in [1.165, 1.54) is 22.0 Å². The van der Waals surface area contributed by atoms with Crippen LogP contribution < -0.4 is 10.6 Å². The molecule has 2 amide bonds. The van der Waals surface area contributed by atoms with E-state index in [0.29, 0.717) is 31.0 Å². The molecule has 178 valence electrons. The molecule has 9 heteroatoms. The van der Waals surface area contributed by atoms with Crippen molar-refractivity contribution in [2.75, 3.05) is 19.6 Å². The molecule has 1 fully saturated rings. The molecule has 0 saturated carbocycles. The highest BCUT2D eigenvalue weighted by molar-refractivity contribution is 7.89. The van der Waals surface area contributed by atoms with Gasteiger partial charge in [0.25, 0.3) is 0 Å². The quantitative estimate of drug-likeness (QED) is 0.416. The Morgan fingerprint density at radius 3 is 2.30 bits per heavy atom. The van der Waals surface area contributed by atoms with Crippen molar-refractivity contribution in [2.24, 2.45) is 0 Å². The molecule has 2 aromatic carbocycles. The number of piperidine rings is 1. The second-order valence-corrected chi connectivity index (χ2v) is 10.4. The van der Waals surface area contributed by atoms with Gasteiger partial charge >= 0.3 is 11.8 Å². The van der Waals surface area contributed by atoms with Gasteiger partial charge in [0.2, 0.25) is 10.0 Å². The minimum Gasteiger partial charge on any atom is -0.348 e. The van der Waals surface area contributed by atoms with Crippen molar-refractivity contribution in [1.29, 1.82) is 0 Å². The molecule has 1 aliphatic heterocycles. The van der Waals surface area contributed by atoms with Crippen molar-refractivity contribution in [1.82, 2.24) is 14.9 Å². The lowest BCUT2D eigenvalue weighted by Gasteiger charge is -2.34. The number of benzene rings is 2. The Hall–Kier alpha value is -2.42. The molecule has 0 aliphatic carbocycles. The molecule has 33 heavy (non-hydrogen) atoms. The van der Waals surface area contributed by atoms with Crippen LogP contribution in [0.3, 0.4) is 0 Å². The molecule has 2 aromatic rings. The van der Waals surface area contributed by atoms with E-state index in [9.17, 15) is 18.0 Å². The summed E-state index contributed by atoms with van der Waals surface area (Å²) in [6, 6.07) is 15.8. The Balaban J connectivity index is 1.44. The largest absolute Gasteiger partial charge is 0.348 e. The van der Waals surface area contributed by atoms with Crippen LogP contribution in [0, 0.1) is 0 Å². The van der Waals surface area contributed by atoms with Crippen molar-refractivity contribution >= 4 is 33.4 Å². The van der Waals surface area contributed by atoms with Gasteiger partial charge in [-0.25, -0.2) is 8.42 Å². The van der Waals surface area contributed by atoms with Gasteiger partial charge in [-0.05, 0) is 61.9 Å². The van der Waals surface area contributed by atoms with Crippen LogP contribution in [-0.4, -0.2) is 50.2 Å². The van der Waals surface area contributed by atoms with Crippen molar-refractivity contribution in [3.8, 4) is 0 Å². The number of hydrogen-bond acceptors (Lipinski definition) is 4. The van der Waals surface area contributed by atoms with E-state index >= 15 is 0 Å². The summed E-state index contributed by atoms with van der Waals surface area (Å²) in [5.74, 6) is -1.37. The summed E-state index contributed by atoms with van der Waals surface area (Å²) >= 11 is 5.89. The lowest BCUT2D eigenvalue weighted by atomic mass is 10.0. The summed E-state index contributed by atoms with van der Waals surface area (Å²) in [5.41, 5.74) is 1.18. The maximum absolute atomic E-state index is 13.1. The zero-order valence-electron chi connectivity index (χ0n) is 18.5. The number of hydrogen-bond donors (Lipinski definition) is 2. The van der Waals surface area contributed by atoms with Crippen LogP contribution in [0.25, 0.3) is 0 Å². The summed E-state index contributed by atoms with van der Waals surface area (Å²) in [4.78, 5) is 24.4. The first-order valence-corrected chi connectivity index (χ1v) is 13.1. The minimum absolute atomic E-state index is 0.206. The highest BCUT2D eigenvalue weighted by Gasteiger charge is 2.33. The Kier molecular flexibility index (Phi) is 9.29. The first-order valence-electron chi connectivity index (χ1n) is 11.3. The molecular weight excluding hydrogens is 462 g/mol. The van der Waals surface area contributed by atoms with E-state index in [-0.39, 0.29) is 17.5 Å². The van der Waals surface area contributed by atoms with Crippen LogP contribution in [0.4, 0.5) is 0 Å². The van der Waals surface area contributed by atoms with Crippen molar-refractivity contribution in [2.45, 2.75) is 49.5 Å². The fraction of sp³-hybridized carbons (Fsp3) is 0.417.